The third-order valence-electron chi connectivity index (χ3n) is 14.6. The highest BCUT2D eigenvalue weighted by Gasteiger charge is 2.67. The number of fused-ring (bicyclic) bond motifs is 4. The van der Waals surface area contributed by atoms with E-state index < -0.39 is 40.5 Å². The summed E-state index contributed by atoms with van der Waals surface area (Å²) in [5.74, 6) is 5.50. The van der Waals surface area contributed by atoms with E-state index in [1.165, 1.54) is 0 Å². The number of piperazine rings is 1. The second kappa shape index (κ2) is 14.6. The van der Waals surface area contributed by atoms with Crippen LogP contribution in [0.3, 0.4) is 0 Å². The average molecular weight is 855 g/mol. The van der Waals surface area contributed by atoms with Gasteiger partial charge in [-0.05, 0) is 74.8 Å². The molecular weight excluding hydrogens is 808 g/mol. The Balaban J connectivity index is 0.733. The largest absolute Gasteiger partial charge is 0.489 e. The van der Waals surface area contributed by atoms with E-state index in [4.69, 9.17) is 21.3 Å². The van der Waals surface area contributed by atoms with Gasteiger partial charge in [-0.2, -0.15) is 5.26 Å². The van der Waals surface area contributed by atoms with Crippen LogP contribution in [-0.2, 0) is 16.1 Å². The van der Waals surface area contributed by atoms with Crippen molar-refractivity contribution in [3.8, 4) is 23.7 Å². The molecule has 2 bridgehead atoms. The highest BCUT2D eigenvalue weighted by molar-refractivity contribution is 6.31. The maximum atomic E-state index is 13.8. The smallest absolute Gasteiger partial charge is 0.275 e. The molecule has 5 fully saturated rings. The summed E-state index contributed by atoms with van der Waals surface area (Å²) in [4.78, 5) is 82.0. The van der Waals surface area contributed by atoms with Gasteiger partial charge in [-0.25, -0.2) is 9.97 Å². The van der Waals surface area contributed by atoms with Crippen LogP contribution in [0.25, 0.3) is 0 Å². The Labute approximate surface area is 364 Å². The second-order valence-electron chi connectivity index (χ2n) is 19.1. The number of nitrogens with one attached hydrogen (secondary N) is 1. The zero-order chi connectivity index (χ0) is 43.4. The monoisotopic (exact) mass is 854 g/mol. The van der Waals surface area contributed by atoms with E-state index in [1.807, 2.05) is 11.0 Å². The first-order valence-electron chi connectivity index (χ1n) is 21.6. The molecule has 3 aromatic rings. The molecule has 1 N–H and O–H groups in total. The quantitative estimate of drug-likeness (QED) is 0.258. The summed E-state index contributed by atoms with van der Waals surface area (Å²) in [5, 5.41) is 11.9. The molecule has 15 heteroatoms. The van der Waals surface area contributed by atoms with Gasteiger partial charge in [0.1, 0.15) is 29.7 Å². The number of hydrogen-bond acceptors (Lipinski definition) is 11. The number of likely N-dealkylation sites (tertiary alicyclic amines) is 1. The van der Waals surface area contributed by atoms with Gasteiger partial charge in [0.25, 0.3) is 17.7 Å². The molecule has 5 amide bonds. The number of imide groups is 2. The first-order chi connectivity index (χ1) is 29.6. The minimum absolute atomic E-state index is 0.0876. The van der Waals surface area contributed by atoms with Crippen LogP contribution in [0.4, 0.5) is 5.69 Å². The predicted molar refractivity (Wildman–Crippen MR) is 226 cm³/mol. The molecule has 5 aliphatic heterocycles. The summed E-state index contributed by atoms with van der Waals surface area (Å²) in [6.45, 7) is 10.6. The molecule has 10 rings (SSSR count). The lowest BCUT2D eigenvalue weighted by molar-refractivity contribution is -0.199. The summed E-state index contributed by atoms with van der Waals surface area (Å²) in [6.07, 6.45) is 6.77. The molecule has 2 saturated carbocycles. The van der Waals surface area contributed by atoms with E-state index in [0.717, 1.165) is 55.8 Å². The number of halogens is 1. The Bertz CT molecular complexity index is 2570. The lowest BCUT2D eigenvalue weighted by Gasteiger charge is -2.65. The van der Waals surface area contributed by atoms with Gasteiger partial charge in [0.2, 0.25) is 11.8 Å². The normalized spacial score (nSPS) is 29.5. The molecule has 3 saturated heterocycles. The summed E-state index contributed by atoms with van der Waals surface area (Å²) in [7, 11) is 0. The zero-order valence-corrected chi connectivity index (χ0v) is 35.9. The number of anilines is 1. The Morgan fingerprint density at radius 1 is 0.855 bits per heavy atom. The standard InChI is InChI=1S/C47H47ClN8O6/c1-46(2)44(47(3,4)45(46)62-32-13-8-26(20-49)35(48)19-32)55-24-36-39(43(55)61)50-21-27(51-36)9-5-25-6-10-28(11-7-25)53-22-31-17-30(53)23-54(31)29-12-14-33-34(18-29)42(60)56(41(33)59)37-15-16-38(57)52-40(37)58/h8,12-14,18-19,21,25,28,30-31,37,44-45H,6-7,10-11,15-17,22-24H2,1-4H3,(H,52,57,58)/t25?,28?,30?,31?,37?,44-,45-. The number of amides is 5. The molecule has 14 nitrogen and oxygen atoms in total. The Kier molecular flexibility index (Phi) is 9.50. The molecule has 1 aromatic heterocycles. The maximum absolute atomic E-state index is 13.8. The number of nitrogens with zero attached hydrogens (tertiary/aromatic N) is 7. The first kappa shape index (κ1) is 40.3. The third kappa shape index (κ3) is 6.36. The highest BCUT2D eigenvalue weighted by Crippen LogP contribution is 2.59. The van der Waals surface area contributed by atoms with Gasteiger partial charge in [-0.3, -0.25) is 39.1 Å². The molecule has 62 heavy (non-hydrogen) atoms. The molecule has 3 unspecified atom stereocenters. The Morgan fingerprint density at radius 2 is 1.61 bits per heavy atom. The van der Waals surface area contributed by atoms with E-state index in [9.17, 15) is 29.2 Å². The molecular formula is C47H47ClN8O6. The van der Waals surface area contributed by atoms with Crippen LogP contribution >= 0.6 is 11.6 Å². The van der Waals surface area contributed by atoms with Gasteiger partial charge in [0, 0.05) is 72.2 Å². The van der Waals surface area contributed by atoms with E-state index >= 15 is 0 Å². The number of carbonyl (C=O) groups is 5. The number of carbonyl (C=O) groups excluding carboxylic acids is 5. The zero-order valence-electron chi connectivity index (χ0n) is 35.1. The molecule has 0 radical (unpaired) electrons. The predicted octanol–water partition coefficient (Wildman–Crippen LogP) is 5.11. The van der Waals surface area contributed by atoms with Crippen LogP contribution in [0.2, 0.25) is 5.02 Å². The fraction of sp³-hybridized carbons (Fsp3) is 0.489. The van der Waals surface area contributed by atoms with Crippen molar-refractivity contribution in [1.29, 1.82) is 5.26 Å². The van der Waals surface area contributed by atoms with Crippen molar-refractivity contribution < 1.29 is 28.7 Å². The number of ether oxygens (including phenoxy) is 1. The number of nitriles is 1. The third-order valence-corrected chi connectivity index (χ3v) is 14.9. The van der Waals surface area contributed by atoms with Crippen LogP contribution in [0.1, 0.15) is 121 Å². The van der Waals surface area contributed by atoms with Gasteiger partial charge < -0.3 is 14.5 Å². The van der Waals surface area contributed by atoms with E-state index in [1.54, 1.807) is 36.5 Å². The van der Waals surface area contributed by atoms with Crippen molar-refractivity contribution in [2.45, 2.75) is 115 Å². The van der Waals surface area contributed by atoms with E-state index in [2.05, 4.69) is 65.7 Å². The van der Waals surface area contributed by atoms with Crippen molar-refractivity contribution in [3.05, 3.63) is 81.4 Å². The lowest BCUT2D eigenvalue weighted by atomic mass is 9.49. The van der Waals surface area contributed by atoms with Crippen molar-refractivity contribution in [3.63, 3.8) is 0 Å². The van der Waals surface area contributed by atoms with Crippen LogP contribution in [0.5, 0.6) is 5.75 Å². The minimum Gasteiger partial charge on any atom is -0.489 e. The van der Waals surface area contributed by atoms with Gasteiger partial charge in [0.05, 0.1) is 40.1 Å². The topological polar surface area (TPSA) is 169 Å². The van der Waals surface area contributed by atoms with Crippen LogP contribution in [-0.4, -0.2) is 104 Å². The van der Waals surface area contributed by atoms with E-state index in [0.29, 0.717) is 69.2 Å². The van der Waals surface area contributed by atoms with Crippen molar-refractivity contribution in [2.75, 3.05) is 18.0 Å². The van der Waals surface area contributed by atoms with Crippen molar-refractivity contribution in [1.82, 2.24) is 30.0 Å². The molecule has 2 aromatic carbocycles. The Hall–Kier alpha value is -5.83. The molecule has 318 valence electrons. The molecule has 2 aliphatic carbocycles. The first-order valence-corrected chi connectivity index (χ1v) is 21.9. The molecule has 7 aliphatic rings. The summed E-state index contributed by atoms with van der Waals surface area (Å²) < 4.78 is 6.46. The number of rotatable bonds is 6. The van der Waals surface area contributed by atoms with Crippen LogP contribution < -0.4 is 15.0 Å². The molecule has 3 atom stereocenters. The fourth-order valence-electron chi connectivity index (χ4n) is 12.2. The van der Waals surface area contributed by atoms with Crippen LogP contribution in [0, 0.1) is 39.9 Å². The van der Waals surface area contributed by atoms with Gasteiger partial charge in [-0.15, -0.1) is 0 Å². The SMILES string of the molecule is CC1(C)[C@H](Oc2ccc(C#N)c(Cl)c2)C(C)(C)[C@H]1N1Cc2nc(C#CC3CCC(N4CC5CC4CN5c4ccc5c(c4)C(=O)N(C4CCC(=O)NC4=O)C5=O)CC3)cnc2C1=O. The number of piperidine rings is 1. The fourth-order valence-corrected chi connectivity index (χ4v) is 12.4. The van der Waals surface area contributed by atoms with Crippen molar-refractivity contribution in [2.24, 2.45) is 16.7 Å². The molecule has 0 spiro atoms. The summed E-state index contributed by atoms with van der Waals surface area (Å²) in [6, 6.07) is 12.6. The number of benzene rings is 2. The molecule has 6 heterocycles. The van der Waals surface area contributed by atoms with E-state index in [-0.39, 0.29) is 36.8 Å². The number of hydrogen-bond donors (Lipinski definition) is 1. The highest BCUT2D eigenvalue weighted by atomic mass is 35.5. The van der Waals surface area contributed by atoms with Gasteiger partial charge >= 0.3 is 0 Å². The van der Waals surface area contributed by atoms with Gasteiger partial charge in [0.15, 0.2) is 5.69 Å². The lowest BCUT2D eigenvalue weighted by Crippen LogP contribution is -2.74. The Morgan fingerprint density at radius 3 is 2.31 bits per heavy atom. The second-order valence-corrected chi connectivity index (χ2v) is 19.5. The number of aromatic nitrogens is 2. The minimum atomic E-state index is -0.980. The maximum Gasteiger partial charge on any atom is 0.275 e. The van der Waals surface area contributed by atoms with Gasteiger partial charge in [-0.1, -0.05) is 45.2 Å². The average Bonchev–Trinajstić information content (AvgIpc) is 4.00. The summed E-state index contributed by atoms with van der Waals surface area (Å²) >= 11 is 6.29. The van der Waals surface area contributed by atoms with Crippen molar-refractivity contribution >= 4 is 46.8 Å². The van der Waals surface area contributed by atoms with Crippen LogP contribution in [0.15, 0.2) is 42.6 Å². The summed E-state index contributed by atoms with van der Waals surface area (Å²) in [5.41, 5.74) is 2.72.